The predicted molar refractivity (Wildman–Crippen MR) is 84.7 cm³/mol. The summed E-state index contributed by atoms with van der Waals surface area (Å²) in [6.45, 7) is 4.65. The number of Topliss-reactive ketones (excluding diaryl/α,β-unsaturated/α-hetero) is 1. The second-order valence-corrected chi connectivity index (χ2v) is 5.55. The number of carbonyl (C=O) groups excluding carboxylic acids is 2. The molecular formula is C16H20N2O5. The molecular weight excluding hydrogens is 300 g/mol. The average molecular weight is 320 g/mol. The Hall–Kier alpha value is -2.44. The highest BCUT2D eigenvalue weighted by Gasteiger charge is 2.29. The SMILES string of the molecule is CCOC(=O)C1CCCN(c2ccc([N+](=O)[O-])cc2C(C)=O)C1. The van der Waals surface area contributed by atoms with Crippen LogP contribution in [0.3, 0.4) is 0 Å². The van der Waals surface area contributed by atoms with Gasteiger partial charge in [-0.3, -0.25) is 19.7 Å². The molecule has 23 heavy (non-hydrogen) atoms. The number of carbonyl (C=O) groups is 2. The first-order chi connectivity index (χ1) is 10.9. The summed E-state index contributed by atoms with van der Waals surface area (Å²) in [7, 11) is 0. The van der Waals surface area contributed by atoms with Crippen LogP contribution in [0.4, 0.5) is 11.4 Å². The summed E-state index contributed by atoms with van der Waals surface area (Å²) in [6, 6.07) is 4.27. The maximum absolute atomic E-state index is 11.9. The predicted octanol–water partition coefficient (Wildman–Crippen LogP) is 2.58. The summed E-state index contributed by atoms with van der Waals surface area (Å²) in [6.07, 6.45) is 1.55. The van der Waals surface area contributed by atoms with Crippen molar-refractivity contribution in [3.8, 4) is 0 Å². The van der Waals surface area contributed by atoms with Gasteiger partial charge in [0, 0.05) is 36.5 Å². The molecule has 0 bridgehead atoms. The van der Waals surface area contributed by atoms with E-state index in [1.54, 1.807) is 13.0 Å². The Bertz CT molecular complexity index is 629. The van der Waals surface area contributed by atoms with Crippen molar-refractivity contribution < 1.29 is 19.2 Å². The van der Waals surface area contributed by atoms with E-state index in [4.69, 9.17) is 4.74 Å². The van der Waals surface area contributed by atoms with Gasteiger partial charge < -0.3 is 9.64 Å². The van der Waals surface area contributed by atoms with Crippen LogP contribution in [0.2, 0.25) is 0 Å². The summed E-state index contributed by atoms with van der Waals surface area (Å²) >= 11 is 0. The number of esters is 1. The molecule has 1 fully saturated rings. The van der Waals surface area contributed by atoms with E-state index < -0.39 is 4.92 Å². The zero-order valence-corrected chi connectivity index (χ0v) is 13.3. The Morgan fingerprint density at radius 1 is 1.43 bits per heavy atom. The van der Waals surface area contributed by atoms with Crippen molar-refractivity contribution in [3.05, 3.63) is 33.9 Å². The minimum Gasteiger partial charge on any atom is -0.466 e. The van der Waals surface area contributed by atoms with Crippen LogP contribution in [0.25, 0.3) is 0 Å². The molecule has 1 saturated heterocycles. The lowest BCUT2D eigenvalue weighted by Crippen LogP contribution is -2.40. The molecule has 1 aliphatic heterocycles. The van der Waals surface area contributed by atoms with Crippen LogP contribution in [0.5, 0.6) is 0 Å². The first kappa shape index (κ1) is 16.9. The van der Waals surface area contributed by atoms with Gasteiger partial charge in [-0.05, 0) is 32.8 Å². The van der Waals surface area contributed by atoms with Crippen LogP contribution in [0.15, 0.2) is 18.2 Å². The number of benzene rings is 1. The van der Waals surface area contributed by atoms with Crippen LogP contribution in [0, 0.1) is 16.0 Å². The summed E-state index contributed by atoms with van der Waals surface area (Å²) in [5, 5.41) is 10.9. The largest absolute Gasteiger partial charge is 0.466 e. The van der Waals surface area contributed by atoms with Gasteiger partial charge in [-0.1, -0.05) is 0 Å². The Morgan fingerprint density at radius 3 is 2.78 bits per heavy atom. The second kappa shape index (κ2) is 7.21. The molecule has 0 N–H and O–H groups in total. The average Bonchev–Trinajstić information content (AvgIpc) is 2.54. The van der Waals surface area contributed by atoms with Crippen LogP contribution in [-0.4, -0.2) is 36.4 Å². The van der Waals surface area contributed by atoms with Crippen molar-refractivity contribution in [1.82, 2.24) is 0 Å². The monoisotopic (exact) mass is 320 g/mol. The normalized spacial score (nSPS) is 17.7. The van der Waals surface area contributed by atoms with Gasteiger partial charge in [0.05, 0.1) is 17.4 Å². The molecule has 0 aromatic heterocycles. The van der Waals surface area contributed by atoms with E-state index in [-0.39, 0.29) is 23.4 Å². The molecule has 0 spiro atoms. The number of nitro groups is 1. The summed E-state index contributed by atoms with van der Waals surface area (Å²) in [5.74, 6) is -0.704. The molecule has 1 atom stereocenters. The molecule has 1 aromatic carbocycles. The molecule has 7 nitrogen and oxygen atoms in total. The van der Waals surface area contributed by atoms with Gasteiger partial charge in [0.15, 0.2) is 5.78 Å². The Kier molecular flexibility index (Phi) is 5.31. The lowest BCUT2D eigenvalue weighted by Gasteiger charge is -2.34. The minimum absolute atomic E-state index is 0.113. The minimum atomic E-state index is -0.520. The number of non-ortho nitro benzene ring substituents is 1. The molecule has 1 aromatic rings. The van der Waals surface area contributed by atoms with E-state index in [0.717, 1.165) is 12.8 Å². The van der Waals surface area contributed by atoms with Crippen molar-refractivity contribution >= 4 is 23.1 Å². The number of hydrogen-bond donors (Lipinski definition) is 0. The highest BCUT2D eigenvalue weighted by molar-refractivity contribution is 6.00. The van der Waals surface area contributed by atoms with Gasteiger partial charge in [0.25, 0.3) is 5.69 Å². The molecule has 0 radical (unpaired) electrons. The number of ketones is 1. The molecule has 2 rings (SSSR count). The zero-order valence-electron chi connectivity index (χ0n) is 13.3. The number of hydrogen-bond acceptors (Lipinski definition) is 6. The Morgan fingerprint density at radius 2 is 2.17 bits per heavy atom. The molecule has 1 heterocycles. The van der Waals surface area contributed by atoms with Gasteiger partial charge in [0.2, 0.25) is 0 Å². The molecule has 0 amide bonds. The number of nitro benzene ring substituents is 1. The van der Waals surface area contributed by atoms with Crippen LogP contribution >= 0.6 is 0 Å². The highest BCUT2D eigenvalue weighted by atomic mass is 16.6. The lowest BCUT2D eigenvalue weighted by molar-refractivity contribution is -0.384. The number of rotatable bonds is 5. The molecule has 1 aliphatic rings. The van der Waals surface area contributed by atoms with Crippen molar-refractivity contribution in [2.75, 3.05) is 24.6 Å². The third-order valence-electron chi connectivity index (χ3n) is 3.95. The molecule has 0 saturated carbocycles. The van der Waals surface area contributed by atoms with Gasteiger partial charge in [-0.25, -0.2) is 0 Å². The van der Waals surface area contributed by atoms with Gasteiger partial charge in [-0.2, -0.15) is 0 Å². The van der Waals surface area contributed by atoms with Crippen molar-refractivity contribution in [1.29, 1.82) is 0 Å². The van der Waals surface area contributed by atoms with E-state index in [0.29, 0.717) is 30.9 Å². The Labute approximate surface area is 134 Å². The quantitative estimate of drug-likeness (QED) is 0.358. The van der Waals surface area contributed by atoms with Crippen LogP contribution in [0.1, 0.15) is 37.0 Å². The van der Waals surface area contributed by atoms with Crippen LogP contribution in [-0.2, 0) is 9.53 Å². The third-order valence-corrected chi connectivity index (χ3v) is 3.95. The van der Waals surface area contributed by atoms with Crippen molar-refractivity contribution in [3.63, 3.8) is 0 Å². The van der Waals surface area contributed by atoms with Crippen LogP contribution < -0.4 is 4.90 Å². The Balaban J connectivity index is 2.28. The van der Waals surface area contributed by atoms with Gasteiger partial charge in [0.1, 0.15) is 0 Å². The fourth-order valence-electron chi connectivity index (χ4n) is 2.84. The fraction of sp³-hybridized carbons (Fsp3) is 0.500. The zero-order chi connectivity index (χ0) is 17.0. The van der Waals surface area contributed by atoms with E-state index in [9.17, 15) is 19.7 Å². The third kappa shape index (κ3) is 3.85. The van der Waals surface area contributed by atoms with Crippen molar-refractivity contribution in [2.24, 2.45) is 5.92 Å². The summed E-state index contributed by atoms with van der Waals surface area (Å²) < 4.78 is 5.07. The summed E-state index contributed by atoms with van der Waals surface area (Å²) in [5.41, 5.74) is 0.832. The van der Waals surface area contributed by atoms with Crippen molar-refractivity contribution in [2.45, 2.75) is 26.7 Å². The smallest absolute Gasteiger partial charge is 0.310 e. The standard InChI is InChI=1S/C16H20N2O5/c1-3-23-16(20)12-5-4-8-17(10-12)15-7-6-13(18(21)22)9-14(15)11(2)19/h6-7,9,12H,3-5,8,10H2,1-2H3. The highest BCUT2D eigenvalue weighted by Crippen LogP contribution is 2.30. The van der Waals surface area contributed by atoms with E-state index >= 15 is 0 Å². The molecule has 124 valence electrons. The molecule has 0 aliphatic carbocycles. The number of anilines is 1. The number of nitrogens with zero attached hydrogens (tertiary/aromatic N) is 2. The number of ether oxygens (including phenoxy) is 1. The van der Waals surface area contributed by atoms with E-state index in [1.165, 1.54) is 19.1 Å². The first-order valence-electron chi connectivity index (χ1n) is 7.65. The second-order valence-electron chi connectivity index (χ2n) is 5.55. The number of piperidine rings is 1. The van der Waals surface area contributed by atoms with E-state index in [2.05, 4.69) is 0 Å². The lowest BCUT2D eigenvalue weighted by atomic mass is 9.96. The van der Waals surface area contributed by atoms with Gasteiger partial charge in [-0.15, -0.1) is 0 Å². The van der Waals surface area contributed by atoms with E-state index in [1.807, 2.05) is 4.90 Å². The molecule has 1 unspecified atom stereocenters. The fourth-order valence-corrected chi connectivity index (χ4v) is 2.84. The topological polar surface area (TPSA) is 89.8 Å². The first-order valence-corrected chi connectivity index (χ1v) is 7.65. The summed E-state index contributed by atoms with van der Waals surface area (Å²) in [4.78, 5) is 36.1. The maximum Gasteiger partial charge on any atom is 0.310 e. The van der Waals surface area contributed by atoms with Gasteiger partial charge >= 0.3 is 5.97 Å². The maximum atomic E-state index is 11.9. The molecule has 7 heteroatoms.